The molecule has 0 radical (unpaired) electrons. The SMILES string of the molecule is CCn1cc(C(O)Cc2ncnn2CC)cn1. The van der Waals surface area contributed by atoms with Gasteiger partial charge < -0.3 is 5.11 Å². The van der Waals surface area contributed by atoms with Gasteiger partial charge in [0.05, 0.1) is 12.3 Å². The van der Waals surface area contributed by atoms with Crippen molar-refractivity contribution >= 4 is 0 Å². The van der Waals surface area contributed by atoms with E-state index < -0.39 is 6.10 Å². The topological polar surface area (TPSA) is 68.8 Å². The summed E-state index contributed by atoms with van der Waals surface area (Å²) in [5, 5.41) is 18.3. The molecular formula is C11H17N5O. The fourth-order valence-corrected chi connectivity index (χ4v) is 1.73. The Balaban J connectivity index is 2.08. The molecule has 0 aliphatic rings. The maximum Gasteiger partial charge on any atom is 0.138 e. The summed E-state index contributed by atoms with van der Waals surface area (Å²) in [5.41, 5.74) is 0.817. The van der Waals surface area contributed by atoms with Crippen LogP contribution in [0.5, 0.6) is 0 Å². The number of hydrogen-bond donors (Lipinski definition) is 1. The van der Waals surface area contributed by atoms with Crippen molar-refractivity contribution in [3.05, 3.63) is 30.1 Å². The molecule has 2 heterocycles. The van der Waals surface area contributed by atoms with Gasteiger partial charge in [0, 0.05) is 31.3 Å². The fourth-order valence-electron chi connectivity index (χ4n) is 1.73. The highest BCUT2D eigenvalue weighted by molar-refractivity contribution is 5.10. The Morgan fingerprint density at radius 3 is 2.76 bits per heavy atom. The Bertz CT molecular complexity index is 476. The number of aromatic nitrogens is 5. The maximum absolute atomic E-state index is 10.1. The summed E-state index contributed by atoms with van der Waals surface area (Å²) in [6.45, 7) is 5.57. The van der Waals surface area contributed by atoms with Crippen LogP contribution >= 0.6 is 0 Å². The summed E-state index contributed by atoms with van der Waals surface area (Å²) in [7, 11) is 0. The van der Waals surface area contributed by atoms with E-state index in [1.54, 1.807) is 15.6 Å². The minimum absolute atomic E-state index is 0.462. The molecule has 2 aromatic rings. The van der Waals surface area contributed by atoms with Crippen LogP contribution in [-0.4, -0.2) is 29.7 Å². The molecule has 92 valence electrons. The van der Waals surface area contributed by atoms with Crippen molar-refractivity contribution in [3.8, 4) is 0 Å². The van der Waals surface area contributed by atoms with E-state index in [2.05, 4.69) is 15.2 Å². The van der Waals surface area contributed by atoms with Crippen LogP contribution in [0.2, 0.25) is 0 Å². The molecule has 0 amide bonds. The molecule has 0 bridgehead atoms. The summed E-state index contributed by atoms with van der Waals surface area (Å²) in [6.07, 6.45) is 4.95. The number of aliphatic hydroxyl groups excluding tert-OH is 1. The predicted molar refractivity (Wildman–Crippen MR) is 62.3 cm³/mol. The molecule has 2 rings (SSSR count). The van der Waals surface area contributed by atoms with Crippen molar-refractivity contribution in [3.63, 3.8) is 0 Å². The van der Waals surface area contributed by atoms with Gasteiger partial charge in [-0.2, -0.15) is 10.2 Å². The third kappa shape index (κ3) is 2.52. The minimum Gasteiger partial charge on any atom is -0.388 e. The van der Waals surface area contributed by atoms with Crippen molar-refractivity contribution in [2.24, 2.45) is 0 Å². The third-order valence-electron chi connectivity index (χ3n) is 2.73. The van der Waals surface area contributed by atoms with Crippen LogP contribution in [0.25, 0.3) is 0 Å². The van der Waals surface area contributed by atoms with Gasteiger partial charge in [-0.15, -0.1) is 0 Å². The van der Waals surface area contributed by atoms with Gasteiger partial charge in [-0.1, -0.05) is 0 Å². The zero-order valence-corrected chi connectivity index (χ0v) is 10.1. The van der Waals surface area contributed by atoms with Gasteiger partial charge in [-0.05, 0) is 13.8 Å². The largest absolute Gasteiger partial charge is 0.388 e. The quantitative estimate of drug-likeness (QED) is 0.832. The van der Waals surface area contributed by atoms with E-state index in [4.69, 9.17) is 0 Å². The number of nitrogens with zero attached hydrogens (tertiary/aromatic N) is 5. The summed E-state index contributed by atoms with van der Waals surface area (Å²) < 4.78 is 3.58. The third-order valence-corrected chi connectivity index (χ3v) is 2.73. The number of aryl methyl sites for hydroxylation is 2. The highest BCUT2D eigenvalue weighted by Crippen LogP contribution is 2.16. The summed E-state index contributed by atoms with van der Waals surface area (Å²) in [6, 6.07) is 0. The molecule has 0 aliphatic carbocycles. The molecule has 1 unspecified atom stereocenters. The summed E-state index contributed by atoms with van der Waals surface area (Å²) in [5.74, 6) is 0.796. The first-order chi connectivity index (χ1) is 8.24. The molecule has 17 heavy (non-hydrogen) atoms. The fraction of sp³-hybridized carbons (Fsp3) is 0.545. The van der Waals surface area contributed by atoms with E-state index in [1.807, 2.05) is 20.0 Å². The molecule has 0 saturated heterocycles. The van der Waals surface area contributed by atoms with Gasteiger partial charge in [0.25, 0.3) is 0 Å². The molecule has 0 spiro atoms. The predicted octanol–water partition coefficient (Wildman–Crippen LogP) is 0.790. The molecule has 0 aromatic carbocycles. The number of hydrogen-bond acceptors (Lipinski definition) is 4. The average molecular weight is 235 g/mol. The Kier molecular flexibility index (Phi) is 3.53. The first kappa shape index (κ1) is 11.8. The van der Waals surface area contributed by atoms with Crippen LogP contribution in [0.15, 0.2) is 18.7 Å². The number of aliphatic hydroxyl groups is 1. The van der Waals surface area contributed by atoms with E-state index in [-0.39, 0.29) is 0 Å². The van der Waals surface area contributed by atoms with Crippen LogP contribution in [0.1, 0.15) is 31.3 Å². The minimum atomic E-state index is -0.579. The monoisotopic (exact) mass is 235 g/mol. The van der Waals surface area contributed by atoms with Gasteiger partial charge in [0.2, 0.25) is 0 Å². The lowest BCUT2D eigenvalue weighted by Crippen LogP contribution is -2.09. The van der Waals surface area contributed by atoms with E-state index in [0.717, 1.165) is 24.5 Å². The lowest BCUT2D eigenvalue weighted by molar-refractivity contribution is 0.174. The van der Waals surface area contributed by atoms with E-state index in [0.29, 0.717) is 6.42 Å². The smallest absolute Gasteiger partial charge is 0.138 e. The van der Waals surface area contributed by atoms with Gasteiger partial charge in [0.15, 0.2) is 0 Å². The zero-order chi connectivity index (χ0) is 12.3. The first-order valence-electron chi connectivity index (χ1n) is 5.81. The first-order valence-corrected chi connectivity index (χ1v) is 5.81. The zero-order valence-electron chi connectivity index (χ0n) is 10.1. The highest BCUT2D eigenvalue weighted by Gasteiger charge is 2.14. The van der Waals surface area contributed by atoms with E-state index >= 15 is 0 Å². The van der Waals surface area contributed by atoms with Crippen molar-refractivity contribution < 1.29 is 5.11 Å². The normalized spacial score (nSPS) is 12.9. The maximum atomic E-state index is 10.1. The molecule has 2 aromatic heterocycles. The lowest BCUT2D eigenvalue weighted by Gasteiger charge is -2.08. The summed E-state index contributed by atoms with van der Waals surface area (Å²) in [4.78, 5) is 4.14. The molecular weight excluding hydrogens is 218 g/mol. The van der Waals surface area contributed by atoms with Gasteiger partial charge in [-0.3, -0.25) is 9.36 Å². The Labute approximate surface area is 99.9 Å². The molecule has 0 aliphatic heterocycles. The molecule has 0 fully saturated rings. The van der Waals surface area contributed by atoms with Crippen molar-refractivity contribution in [1.82, 2.24) is 24.5 Å². The Hall–Kier alpha value is -1.69. The van der Waals surface area contributed by atoms with Crippen LogP contribution in [-0.2, 0) is 19.5 Å². The molecule has 6 nitrogen and oxygen atoms in total. The molecule has 6 heteroatoms. The number of rotatable bonds is 5. The van der Waals surface area contributed by atoms with Crippen LogP contribution in [0, 0.1) is 0 Å². The molecule has 1 N–H and O–H groups in total. The van der Waals surface area contributed by atoms with Crippen molar-refractivity contribution in [2.75, 3.05) is 0 Å². The Morgan fingerprint density at radius 2 is 2.12 bits per heavy atom. The van der Waals surface area contributed by atoms with E-state index in [1.165, 1.54) is 6.33 Å². The second-order valence-electron chi connectivity index (χ2n) is 3.84. The van der Waals surface area contributed by atoms with Gasteiger partial charge in [-0.25, -0.2) is 4.98 Å². The van der Waals surface area contributed by atoms with Gasteiger partial charge >= 0.3 is 0 Å². The van der Waals surface area contributed by atoms with Crippen LogP contribution in [0.4, 0.5) is 0 Å². The lowest BCUT2D eigenvalue weighted by atomic mass is 10.1. The Morgan fingerprint density at radius 1 is 1.29 bits per heavy atom. The van der Waals surface area contributed by atoms with E-state index in [9.17, 15) is 5.11 Å². The molecule has 1 atom stereocenters. The standard InChI is InChI=1S/C11H17N5O/c1-3-15-7-9(6-13-15)10(17)5-11-12-8-14-16(11)4-2/h6-8,10,17H,3-5H2,1-2H3. The van der Waals surface area contributed by atoms with Crippen molar-refractivity contribution in [2.45, 2.75) is 39.5 Å². The second kappa shape index (κ2) is 5.09. The van der Waals surface area contributed by atoms with Crippen molar-refractivity contribution in [1.29, 1.82) is 0 Å². The highest BCUT2D eigenvalue weighted by atomic mass is 16.3. The van der Waals surface area contributed by atoms with Crippen LogP contribution in [0.3, 0.4) is 0 Å². The summed E-state index contributed by atoms with van der Waals surface area (Å²) >= 11 is 0. The molecule has 0 saturated carbocycles. The van der Waals surface area contributed by atoms with Crippen LogP contribution < -0.4 is 0 Å². The average Bonchev–Trinajstić information content (AvgIpc) is 2.96. The second-order valence-corrected chi connectivity index (χ2v) is 3.84. The van der Waals surface area contributed by atoms with Gasteiger partial charge in [0.1, 0.15) is 12.2 Å².